The summed E-state index contributed by atoms with van der Waals surface area (Å²) in [6.07, 6.45) is 1.07. The van der Waals surface area contributed by atoms with Crippen LogP contribution < -0.4 is 4.74 Å². The molecule has 0 aliphatic rings. The Hall–Kier alpha value is -1.41. The summed E-state index contributed by atoms with van der Waals surface area (Å²) in [5.74, 6) is 3.29. The molecule has 2 aromatic rings. The number of aryl methyl sites for hydroxylation is 1. The number of rotatable bonds is 5. The Kier molecular flexibility index (Phi) is 4.92. The Morgan fingerprint density at radius 2 is 1.79 bits per heavy atom. The van der Waals surface area contributed by atoms with E-state index in [1.54, 1.807) is 0 Å². The second-order valence-corrected chi connectivity index (χ2v) is 5.36. The normalized spacial score (nSPS) is 12.2. The Bertz CT molecular complexity index is 522. The minimum absolute atomic E-state index is 0.600. The van der Waals surface area contributed by atoms with Gasteiger partial charge in [0.15, 0.2) is 0 Å². The Morgan fingerprint density at radius 1 is 1.05 bits per heavy atom. The zero-order valence-corrected chi connectivity index (χ0v) is 12.4. The van der Waals surface area contributed by atoms with E-state index in [0.717, 1.165) is 23.7 Å². The molecule has 0 aromatic heterocycles. The Balaban J connectivity index is 2.10. The van der Waals surface area contributed by atoms with Crippen molar-refractivity contribution in [3.8, 4) is 11.5 Å². The number of hydrogen-bond donors (Lipinski definition) is 1. The fraction of sp³-hybridized carbons (Fsp3) is 0.294. The van der Waals surface area contributed by atoms with Crippen molar-refractivity contribution in [3.05, 3.63) is 59.7 Å². The van der Waals surface area contributed by atoms with Crippen molar-refractivity contribution in [2.45, 2.75) is 20.3 Å². The molecule has 0 fully saturated rings. The second kappa shape index (κ2) is 6.67. The van der Waals surface area contributed by atoms with Crippen molar-refractivity contribution in [1.82, 2.24) is 0 Å². The van der Waals surface area contributed by atoms with E-state index < -0.39 is 0 Å². The zero-order chi connectivity index (χ0) is 13.7. The third kappa shape index (κ3) is 4.03. The van der Waals surface area contributed by atoms with Crippen molar-refractivity contribution in [2.24, 2.45) is 5.92 Å². The average molecular weight is 272 g/mol. The van der Waals surface area contributed by atoms with Crippen molar-refractivity contribution >= 4 is 12.6 Å². The topological polar surface area (TPSA) is 9.23 Å². The standard InChI is InChI=1S/C17H20OS/c1-13(12-19)10-15-8-9-17(11-14(15)2)18-16-6-4-3-5-7-16/h3-9,11,13,19H,10,12H2,1-2H3. The van der Waals surface area contributed by atoms with Gasteiger partial charge in [-0.05, 0) is 60.4 Å². The molecule has 0 radical (unpaired) electrons. The highest BCUT2D eigenvalue weighted by molar-refractivity contribution is 7.80. The largest absolute Gasteiger partial charge is 0.457 e. The lowest BCUT2D eigenvalue weighted by molar-refractivity contribution is 0.482. The van der Waals surface area contributed by atoms with E-state index in [2.05, 4.69) is 38.6 Å². The SMILES string of the molecule is Cc1cc(Oc2ccccc2)ccc1CC(C)CS. The van der Waals surface area contributed by atoms with Crippen LogP contribution in [0.5, 0.6) is 11.5 Å². The first-order chi connectivity index (χ1) is 9.19. The number of hydrogen-bond acceptors (Lipinski definition) is 2. The van der Waals surface area contributed by atoms with Crippen LogP contribution in [0.4, 0.5) is 0 Å². The van der Waals surface area contributed by atoms with Crippen molar-refractivity contribution in [1.29, 1.82) is 0 Å². The van der Waals surface area contributed by atoms with Gasteiger partial charge in [-0.25, -0.2) is 0 Å². The Labute approximate surface area is 121 Å². The highest BCUT2D eigenvalue weighted by Crippen LogP contribution is 2.24. The van der Waals surface area contributed by atoms with Crippen LogP contribution in [-0.4, -0.2) is 5.75 Å². The molecule has 100 valence electrons. The summed E-state index contributed by atoms with van der Waals surface area (Å²) >= 11 is 4.34. The summed E-state index contributed by atoms with van der Waals surface area (Å²) in [4.78, 5) is 0. The number of thiol groups is 1. The van der Waals surface area contributed by atoms with E-state index in [4.69, 9.17) is 4.74 Å². The molecule has 0 heterocycles. The molecule has 2 heteroatoms. The number of ether oxygens (including phenoxy) is 1. The fourth-order valence-electron chi connectivity index (χ4n) is 2.03. The molecule has 1 nitrogen and oxygen atoms in total. The molecule has 1 atom stereocenters. The first-order valence-electron chi connectivity index (χ1n) is 6.62. The van der Waals surface area contributed by atoms with Gasteiger partial charge in [0.1, 0.15) is 11.5 Å². The van der Waals surface area contributed by atoms with E-state index >= 15 is 0 Å². The lowest BCUT2D eigenvalue weighted by Gasteiger charge is -2.12. The molecule has 2 aromatic carbocycles. The van der Waals surface area contributed by atoms with Gasteiger partial charge in [-0.1, -0.05) is 31.2 Å². The van der Waals surface area contributed by atoms with E-state index in [1.807, 2.05) is 36.4 Å². The highest BCUT2D eigenvalue weighted by atomic mass is 32.1. The molecule has 0 saturated carbocycles. The first kappa shape index (κ1) is 14.0. The molecule has 0 aliphatic heterocycles. The van der Waals surface area contributed by atoms with Crippen LogP contribution in [0, 0.1) is 12.8 Å². The summed E-state index contributed by atoms with van der Waals surface area (Å²) in [5.41, 5.74) is 2.66. The fourth-order valence-corrected chi connectivity index (χ4v) is 2.15. The number of para-hydroxylation sites is 1. The molecule has 0 amide bonds. The van der Waals surface area contributed by atoms with E-state index in [1.165, 1.54) is 11.1 Å². The predicted octanol–water partition coefficient (Wildman–Crippen LogP) is 4.90. The summed E-state index contributed by atoms with van der Waals surface area (Å²) in [6, 6.07) is 16.2. The zero-order valence-electron chi connectivity index (χ0n) is 11.5. The van der Waals surface area contributed by atoms with Gasteiger partial charge in [0, 0.05) is 0 Å². The van der Waals surface area contributed by atoms with E-state index in [9.17, 15) is 0 Å². The van der Waals surface area contributed by atoms with Crippen LogP contribution in [0.15, 0.2) is 48.5 Å². The van der Waals surface area contributed by atoms with Crippen LogP contribution >= 0.6 is 12.6 Å². The third-order valence-electron chi connectivity index (χ3n) is 3.17. The molecule has 0 spiro atoms. The summed E-state index contributed by atoms with van der Waals surface area (Å²) < 4.78 is 5.83. The van der Waals surface area contributed by atoms with Gasteiger partial charge in [0.25, 0.3) is 0 Å². The van der Waals surface area contributed by atoms with Crippen molar-refractivity contribution in [2.75, 3.05) is 5.75 Å². The van der Waals surface area contributed by atoms with Gasteiger partial charge in [-0.3, -0.25) is 0 Å². The van der Waals surface area contributed by atoms with Crippen molar-refractivity contribution in [3.63, 3.8) is 0 Å². The maximum Gasteiger partial charge on any atom is 0.127 e. The van der Waals surface area contributed by atoms with Crippen LogP contribution in [0.25, 0.3) is 0 Å². The predicted molar refractivity (Wildman–Crippen MR) is 84.4 cm³/mol. The minimum atomic E-state index is 0.600. The van der Waals surface area contributed by atoms with Crippen LogP contribution in [0.3, 0.4) is 0 Å². The first-order valence-corrected chi connectivity index (χ1v) is 7.25. The molecule has 19 heavy (non-hydrogen) atoms. The quantitative estimate of drug-likeness (QED) is 0.762. The van der Waals surface area contributed by atoms with Gasteiger partial charge < -0.3 is 4.74 Å². The molecular weight excluding hydrogens is 252 g/mol. The monoisotopic (exact) mass is 272 g/mol. The summed E-state index contributed by atoms with van der Waals surface area (Å²) in [5, 5.41) is 0. The van der Waals surface area contributed by atoms with Crippen molar-refractivity contribution < 1.29 is 4.74 Å². The molecule has 0 bridgehead atoms. The molecule has 0 saturated heterocycles. The molecule has 2 rings (SSSR count). The van der Waals surface area contributed by atoms with Crippen LogP contribution in [0.2, 0.25) is 0 Å². The van der Waals surface area contributed by atoms with Crippen LogP contribution in [0.1, 0.15) is 18.1 Å². The molecule has 0 aliphatic carbocycles. The van der Waals surface area contributed by atoms with E-state index in [0.29, 0.717) is 5.92 Å². The van der Waals surface area contributed by atoms with Gasteiger partial charge in [0.2, 0.25) is 0 Å². The summed E-state index contributed by atoms with van der Waals surface area (Å²) in [6.45, 7) is 4.36. The maximum atomic E-state index is 5.83. The smallest absolute Gasteiger partial charge is 0.127 e. The molecule has 0 N–H and O–H groups in total. The van der Waals surface area contributed by atoms with Crippen LogP contribution in [-0.2, 0) is 6.42 Å². The average Bonchev–Trinajstić information content (AvgIpc) is 2.43. The minimum Gasteiger partial charge on any atom is -0.457 e. The van der Waals surface area contributed by atoms with Gasteiger partial charge in [-0.2, -0.15) is 12.6 Å². The molecular formula is C17H20OS. The second-order valence-electron chi connectivity index (χ2n) is 5.00. The van der Waals surface area contributed by atoms with E-state index in [-0.39, 0.29) is 0 Å². The van der Waals surface area contributed by atoms with Gasteiger partial charge in [0.05, 0.1) is 0 Å². The lowest BCUT2D eigenvalue weighted by atomic mass is 9.98. The Morgan fingerprint density at radius 3 is 2.42 bits per heavy atom. The lowest BCUT2D eigenvalue weighted by Crippen LogP contribution is -2.02. The highest BCUT2D eigenvalue weighted by Gasteiger charge is 2.06. The van der Waals surface area contributed by atoms with Gasteiger partial charge >= 0.3 is 0 Å². The summed E-state index contributed by atoms with van der Waals surface area (Å²) in [7, 11) is 0. The van der Waals surface area contributed by atoms with Gasteiger partial charge in [-0.15, -0.1) is 0 Å². The number of benzene rings is 2. The molecule has 1 unspecified atom stereocenters. The maximum absolute atomic E-state index is 5.83. The third-order valence-corrected chi connectivity index (χ3v) is 3.80.